The second-order valence-electron chi connectivity index (χ2n) is 4.82. The topological polar surface area (TPSA) is 20.2 Å². The first-order chi connectivity index (χ1) is 8.31. The zero-order chi connectivity index (χ0) is 11.8. The van der Waals surface area contributed by atoms with E-state index in [1.807, 2.05) is 7.05 Å². The number of rotatable bonds is 2. The van der Waals surface area contributed by atoms with E-state index < -0.39 is 0 Å². The Bertz CT molecular complexity index is 542. The molecule has 17 heavy (non-hydrogen) atoms. The number of benzene rings is 1. The lowest BCUT2D eigenvalue weighted by atomic mass is 10.1. The van der Waals surface area contributed by atoms with E-state index in [1.54, 1.807) is 0 Å². The molecule has 1 N–H and O–H groups in total. The van der Waals surface area contributed by atoms with E-state index in [0.29, 0.717) is 0 Å². The first-order valence-electron chi connectivity index (χ1n) is 6.23. The number of aromatic nitrogens is 1. The Morgan fingerprint density at radius 3 is 2.94 bits per heavy atom. The number of nitrogens with one attached hydrogen (secondary N) is 1. The molecule has 0 radical (unpaired) electrons. The van der Waals surface area contributed by atoms with Gasteiger partial charge in [0.2, 0.25) is 0 Å². The van der Waals surface area contributed by atoms with Gasteiger partial charge in [-0.1, -0.05) is 18.2 Å². The van der Waals surface area contributed by atoms with Crippen molar-refractivity contribution in [1.82, 2.24) is 14.8 Å². The lowest BCUT2D eigenvalue weighted by Crippen LogP contribution is -2.36. The fraction of sp³-hybridized carbons (Fsp3) is 0.429. The van der Waals surface area contributed by atoms with Gasteiger partial charge in [-0.15, -0.1) is 0 Å². The van der Waals surface area contributed by atoms with Gasteiger partial charge in [-0.05, 0) is 18.7 Å². The zero-order valence-electron chi connectivity index (χ0n) is 10.5. The molecular weight excluding hydrogens is 210 g/mol. The molecule has 0 fully saturated rings. The average Bonchev–Trinajstić information content (AvgIpc) is 2.65. The highest BCUT2D eigenvalue weighted by Gasteiger charge is 2.21. The quantitative estimate of drug-likeness (QED) is 0.846. The maximum absolute atomic E-state index is 3.24. The molecule has 3 nitrogen and oxygen atoms in total. The minimum Gasteiger partial charge on any atom is -0.347 e. The summed E-state index contributed by atoms with van der Waals surface area (Å²) >= 11 is 0. The van der Waals surface area contributed by atoms with Crippen LogP contribution in [0.4, 0.5) is 0 Å². The van der Waals surface area contributed by atoms with Gasteiger partial charge in [-0.25, -0.2) is 0 Å². The summed E-state index contributed by atoms with van der Waals surface area (Å²) in [5.41, 5.74) is 4.40. The monoisotopic (exact) mass is 229 g/mol. The van der Waals surface area contributed by atoms with Crippen molar-refractivity contribution in [2.24, 2.45) is 7.05 Å². The fourth-order valence-corrected chi connectivity index (χ4v) is 2.94. The molecule has 0 unspecified atom stereocenters. The van der Waals surface area contributed by atoms with Crippen LogP contribution in [0.2, 0.25) is 0 Å². The van der Waals surface area contributed by atoms with Crippen molar-refractivity contribution in [3.05, 3.63) is 35.5 Å². The highest BCUT2D eigenvalue weighted by molar-refractivity contribution is 5.85. The Kier molecular flexibility index (Phi) is 2.65. The maximum atomic E-state index is 3.24. The summed E-state index contributed by atoms with van der Waals surface area (Å²) in [5.74, 6) is 0. The Morgan fingerprint density at radius 1 is 1.29 bits per heavy atom. The molecular formula is C14H19N3. The van der Waals surface area contributed by atoms with Crippen molar-refractivity contribution in [2.75, 3.05) is 20.3 Å². The Labute approximate surface area is 102 Å². The number of hydrogen-bond donors (Lipinski definition) is 1. The van der Waals surface area contributed by atoms with Crippen LogP contribution in [0, 0.1) is 0 Å². The summed E-state index contributed by atoms with van der Waals surface area (Å²) in [6.45, 7) is 3.19. The van der Waals surface area contributed by atoms with Gasteiger partial charge in [-0.2, -0.15) is 0 Å². The standard InChI is InChI=1S/C14H19N3/c1-15-10-17-8-7-14-12(9-17)11-5-3-4-6-13(11)16(14)2/h3-6,15H,7-10H2,1-2H3. The molecule has 0 amide bonds. The third kappa shape index (κ3) is 1.66. The molecule has 3 rings (SSSR count). The normalized spacial score (nSPS) is 16.4. The average molecular weight is 229 g/mol. The molecule has 0 spiro atoms. The number of nitrogens with zero attached hydrogens (tertiary/aromatic N) is 2. The summed E-state index contributed by atoms with van der Waals surface area (Å²) in [7, 11) is 4.20. The first kappa shape index (κ1) is 10.8. The van der Waals surface area contributed by atoms with E-state index in [0.717, 1.165) is 26.2 Å². The molecule has 90 valence electrons. The van der Waals surface area contributed by atoms with Gasteiger partial charge in [-0.3, -0.25) is 4.90 Å². The predicted octanol–water partition coefficient (Wildman–Crippen LogP) is 1.71. The molecule has 1 aromatic heterocycles. The maximum Gasteiger partial charge on any atom is 0.0483 e. The molecule has 3 heteroatoms. The molecule has 1 aromatic carbocycles. The first-order valence-corrected chi connectivity index (χ1v) is 6.23. The summed E-state index contributed by atoms with van der Waals surface area (Å²) in [6, 6.07) is 8.73. The van der Waals surface area contributed by atoms with Crippen LogP contribution in [0.15, 0.2) is 24.3 Å². The van der Waals surface area contributed by atoms with E-state index in [2.05, 4.69) is 46.1 Å². The molecule has 0 atom stereocenters. The lowest BCUT2D eigenvalue weighted by Gasteiger charge is -2.27. The van der Waals surface area contributed by atoms with Gasteiger partial charge in [0, 0.05) is 49.8 Å². The minimum atomic E-state index is 0.975. The van der Waals surface area contributed by atoms with Crippen LogP contribution in [-0.4, -0.2) is 29.7 Å². The molecule has 1 aliphatic heterocycles. The van der Waals surface area contributed by atoms with Crippen molar-refractivity contribution in [1.29, 1.82) is 0 Å². The lowest BCUT2D eigenvalue weighted by molar-refractivity contribution is 0.240. The van der Waals surface area contributed by atoms with Gasteiger partial charge in [0.15, 0.2) is 0 Å². The van der Waals surface area contributed by atoms with E-state index in [4.69, 9.17) is 0 Å². The SMILES string of the molecule is CNCN1CCc2c(c3ccccc3n2C)C1. The van der Waals surface area contributed by atoms with Crippen LogP contribution >= 0.6 is 0 Å². The zero-order valence-corrected chi connectivity index (χ0v) is 10.5. The second-order valence-corrected chi connectivity index (χ2v) is 4.82. The van der Waals surface area contributed by atoms with Crippen LogP contribution < -0.4 is 5.32 Å². The minimum absolute atomic E-state index is 0.975. The van der Waals surface area contributed by atoms with E-state index in [-0.39, 0.29) is 0 Å². The number of fused-ring (bicyclic) bond motifs is 3. The van der Waals surface area contributed by atoms with Crippen molar-refractivity contribution in [3.8, 4) is 0 Å². The molecule has 0 aliphatic carbocycles. The Balaban J connectivity index is 2.09. The molecule has 0 bridgehead atoms. The molecule has 2 aromatic rings. The van der Waals surface area contributed by atoms with E-state index in [1.165, 1.54) is 22.2 Å². The smallest absolute Gasteiger partial charge is 0.0483 e. The van der Waals surface area contributed by atoms with Crippen molar-refractivity contribution in [2.45, 2.75) is 13.0 Å². The van der Waals surface area contributed by atoms with Gasteiger partial charge in [0.25, 0.3) is 0 Å². The van der Waals surface area contributed by atoms with Gasteiger partial charge in [0.1, 0.15) is 0 Å². The van der Waals surface area contributed by atoms with E-state index in [9.17, 15) is 0 Å². The Morgan fingerprint density at radius 2 is 2.12 bits per heavy atom. The van der Waals surface area contributed by atoms with Crippen molar-refractivity contribution < 1.29 is 0 Å². The largest absolute Gasteiger partial charge is 0.347 e. The number of hydrogen-bond acceptors (Lipinski definition) is 2. The molecule has 2 heterocycles. The molecule has 1 aliphatic rings. The van der Waals surface area contributed by atoms with Crippen LogP contribution in [0.5, 0.6) is 0 Å². The van der Waals surface area contributed by atoms with Crippen LogP contribution in [0.25, 0.3) is 10.9 Å². The third-order valence-corrected chi connectivity index (χ3v) is 3.77. The Hall–Kier alpha value is -1.32. The van der Waals surface area contributed by atoms with Gasteiger partial charge >= 0.3 is 0 Å². The second kappa shape index (κ2) is 4.17. The van der Waals surface area contributed by atoms with Gasteiger partial charge < -0.3 is 9.88 Å². The van der Waals surface area contributed by atoms with Crippen molar-refractivity contribution in [3.63, 3.8) is 0 Å². The highest BCUT2D eigenvalue weighted by Crippen LogP contribution is 2.29. The fourth-order valence-electron chi connectivity index (χ4n) is 2.94. The van der Waals surface area contributed by atoms with Gasteiger partial charge in [0.05, 0.1) is 0 Å². The summed E-state index contributed by atoms with van der Waals surface area (Å²) in [5, 5.41) is 4.66. The number of aryl methyl sites for hydroxylation is 1. The summed E-state index contributed by atoms with van der Waals surface area (Å²) < 4.78 is 2.36. The van der Waals surface area contributed by atoms with Crippen LogP contribution in [0.1, 0.15) is 11.3 Å². The number of para-hydroxylation sites is 1. The highest BCUT2D eigenvalue weighted by atomic mass is 15.2. The van der Waals surface area contributed by atoms with Crippen LogP contribution in [0.3, 0.4) is 0 Å². The molecule has 0 saturated carbocycles. The van der Waals surface area contributed by atoms with E-state index >= 15 is 0 Å². The van der Waals surface area contributed by atoms with Crippen LogP contribution in [-0.2, 0) is 20.0 Å². The van der Waals surface area contributed by atoms with Crippen molar-refractivity contribution >= 4 is 10.9 Å². The summed E-state index contributed by atoms with van der Waals surface area (Å²) in [4.78, 5) is 2.47. The predicted molar refractivity (Wildman–Crippen MR) is 71.0 cm³/mol. The third-order valence-electron chi connectivity index (χ3n) is 3.77. The summed E-state index contributed by atoms with van der Waals surface area (Å²) in [6.07, 6.45) is 1.15. The molecule has 0 saturated heterocycles.